The van der Waals surface area contributed by atoms with Gasteiger partial charge in [0.2, 0.25) is 6.29 Å². The van der Waals surface area contributed by atoms with Crippen molar-refractivity contribution in [1.29, 1.82) is 0 Å². The summed E-state index contributed by atoms with van der Waals surface area (Å²) in [5, 5.41) is 10.9. The molecular formula is C41H37O12P. The summed E-state index contributed by atoms with van der Waals surface area (Å²) in [4.78, 5) is 40.6. The molecule has 1 fully saturated rings. The maximum Gasteiger partial charge on any atom is 0.477 e. The number of phosphoric acid groups is 1. The average Bonchev–Trinajstić information content (AvgIpc) is 3.53. The third-order valence-electron chi connectivity index (χ3n) is 8.08. The minimum absolute atomic E-state index is 0.00874. The molecule has 278 valence electrons. The highest BCUT2D eigenvalue weighted by atomic mass is 31.2. The molecule has 0 aromatic heterocycles. The van der Waals surface area contributed by atoms with Gasteiger partial charge in [-0.15, -0.1) is 0 Å². The predicted molar refractivity (Wildman–Crippen MR) is 194 cm³/mol. The lowest BCUT2D eigenvalue weighted by Crippen LogP contribution is -2.46. The molecule has 0 saturated carbocycles. The molecule has 0 aliphatic carbocycles. The first-order valence-electron chi connectivity index (χ1n) is 17.8. The van der Waals surface area contributed by atoms with Crippen molar-refractivity contribution in [2.75, 3.05) is 6.56 Å². The Morgan fingerprint density at radius 2 is 1.00 bits per heavy atom. The number of rotatable bonds is 16. The van der Waals surface area contributed by atoms with Crippen LogP contribution in [-0.4, -0.2) is 60.3 Å². The highest BCUT2D eigenvalue weighted by Crippen LogP contribution is 2.54. The third-order valence-corrected chi connectivity index (χ3v) is 9.44. The smallest absolute Gasteiger partial charge is 0.453 e. The van der Waals surface area contributed by atoms with Gasteiger partial charge >= 0.3 is 25.7 Å². The van der Waals surface area contributed by atoms with Crippen molar-refractivity contribution in [3.8, 4) is 0 Å². The first-order chi connectivity index (χ1) is 27.0. The molecule has 0 amide bonds. The van der Waals surface area contributed by atoms with Crippen LogP contribution in [0.15, 0.2) is 152 Å². The molecule has 12 nitrogen and oxygen atoms in total. The van der Waals surface area contributed by atoms with Crippen molar-refractivity contribution >= 4 is 25.7 Å². The van der Waals surface area contributed by atoms with E-state index in [4.69, 9.17) is 35.3 Å². The van der Waals surface area contributed by atoms with Gasteiger partial charge in [0.1, 0.15) is 6.10 Å². The van der Waals surface area contributed by atoms with E-state index >= 15 is 0 Å². The van der Waals surface area contributed by atoms with Crippen molar-refractivity contribution in [1.82, 2.24) is 0 Å². The minimum Gasteiger partial charge on any atom is -0.453 e. The average molecular weight is 757 g/mol. The maximum absolute atomic E-state index is 14.6. The Morgan fingerprint density at radius 1 is 0.611 bits per heavy atom. The van der Waals surface area contributed by atoms with E-state index < -0.39 is 63.0 Å². The number of hydrogen-bond donors (Lipinski definition) is 1. The SMILES string of the molecule is [3H]C([3H])(O)[C@@H](OC(=O)c1ccccc1)[C@@H]1O[C@@H](OP(=O)(OCc2ccccc2)OCc2ccccc2)[C@H](OC(=O)c2ccccc2)[C@H]1OC(=O)c1ccccc1. The summed E-state index contributed by atoms with van der Waals surface area (Å²) in [5.74, 6) is -3.03. The van der Waals surface area contributed by atoms with Crippen molar-refractivity contribution < 1.29 is 59.3 Å². The van der Waals surface area contributed by atoms with Crippen LogP contribution >= 0.6 is 7.82 Å². The van der Waals surface area contributed by atoms with Crippen molar-refractivity contribution in [2.24, 2.45) is 0 Å². The quantitative estimate of drug-likeness (QED) is 0.0631. The molecule has 5 atom stereocenters. The van der Waals surface area contributed by atoms with E-state index in [1.807, 2.05) is 0 Å². The zero-order valence-corrected chi connectivity index (χ0v) is 29.5. The van der Waals surface area contributed by atoms with Gasteiger partial charge < -0.3 is 24.1 Å². The highest BCUT2D eigenvalue weighted by molar-refractivity contribution is 7.48. The van der Waals surface area contributed by atoms with Crippen LogP contribution in [0.3, 0.4) is 0 Å². The summed E-state index contributed by atoms with van der Waals surface area (Å²) in [6, 6.07) is 40.3. The fraction of sp³-hybridized carbons (Fsp3) is 0.195. The van der Waals surface area contributed by atoms with E-state index in [-0.39, 0.29) is 29.9 Å². The van der Waals surface area contributed by atoms with Crippen LogP contribution < -0.4 is 0 Å². The first-order valence-corrected chi connectivity index (χ1v) is 18.3. The fourth-order valence-corrected chi connectivity index (χ4v) is 6.61. The molecule has 1 saturated heterocycles. The summed E-state index contributed by atoms with van der Waals surface area (Å²) in [7, 11) is -4.76. The number of benzene rings is 5. The van der Waals surface area contributed by atoms with Crippen molar-refractivity contribution in [3.63, 3.8) is 0 Å². The Labute approximate surface area is 314 Å². The molecule has 1 heterocycles. The lowest BCUT2D eigenvalue weighted by Gasteiger charge is -2.27. The van der Waals surface area contributed by atoms with Gasteiger partial charge in [-0.2, -0.15) is 0 Å². The van der Waals surface area contributed by atoms with Crippen LogP contribution in [-0.2, 0) is 50.3 Å². The number of carbonyl (C=O) groups is 3. The van der Waals surface area contributed by atoms with Crippen LogP contribution in [0.1, 0.15) is 44.9 Å². The maximum atomic E-state index is 14.6. The monoisotopic (exact) mass is 756 g/mol. The summed E-state index contributed by atoms with van der Waals surface area (Å²) in [5.41, 5.74) is 1.26. The summed E-state index contributed by atoms with van der Waals surface area (Å²) in [6.07, 6.45) is -9.93. The van der Waals surface area contributed by atoms with Gasteiger partial charge in [0.15, 0.2) is 18.3 Å². The summed E-state index contributed by atoms with van der Waals surface area (Å²) in [6.45, 7) is -3.92. The Kier molecular flexibility index (Phi) is 12.2. The number of ether oxygens (including phenoxy) is 4. The molecule has 0 unspecified atom stereocenters. The van der Waals surface area contributed by atoms with E-state index in [9.17, 15) is 24.1 Å². The van der Waals surface area contributed by atoms with Gasteiger partial charge in [-0.05, 0) is 47.5 Å². The van der Waals surface area contributed by atoms with Crippen LogP contribution in [0.25, 0.3) is 0 Å². The molecule has 1 aliphatic heterocycles. The second-order valence-electron chi connectivity index (χ2n) is 11.8. The van der Waals surface area contributed by atoms with E-state index in [0.29, 0.717) is 11.1 Å². The lowest BCUT2D eigenvalue weighted by molar-refractivity contribution is -0.150. The van der Waals surface area contributed by atoms with E-state index in [0.717, 1.165) is 0 Å². The van der Waals surface area contributed by atoms with Crippen LogP contribution in [0.4, 0.5) is 0 Å². The van der Waals surface area contributed by atoms with E-state index in [1.165, 1.54) is 36.4 Å². The molecule has 6 rings (SSSR count). The second-order valence-corrected chi connectivity index (χ2v) is 13.5. The number of esters is 3. The van der Waals surface area contributed by atoms with E-state index in [1.54, 1.807) is 115 Å². The summed E-state index contributed by atoms with van der Waals surface area (Å²) >= 11 is 0. The molecule has 5 aromatic carbocycles. The van der Waals surface area contributed by atoms with Gasteiger partial charge in [-0.3, -0.25) is 13.6 Å². The first kappa shape index (κ1) is 35.6. The van der Waals surface area contributed by atoms with Gasteiger partial charge in [0.25, 0.3) is 0 Å². The number of hydrogen-bond acceptors (Lipinski definition) is 12. The number of aliphatic hydroxyl groups is 1. The highest BCUT2D eigenvalue weighted by Gasteiger charge is 2.56. The third kappa shape index (κ3) is 10.1. The van der Waals surface area contributed by atoms with Gasteiger partial charge in [0, 0.05) is 0 Å². The molecule has 1 N–H and O–H groups in total. The zero-order valence-electron chi connectivity index (χ0n) is 30.6. The Balaban J connectivity index is 1.41. The second kappa shape index (κ2) is 18.5. The van der Waals surface area contributed by atoms with Crippen molar-refractivity contribution in [2.45, 2.75) is 43.9 Å². The van der Waals surface area contributed by atoms with Gasteiger partial charge in [-0.25, -0.2) is 18.9 Å². The van der Waals surface area contributed by atoms with Crippen LogP contribution in [0, 0.1) is 0 Å². The van der Waals surface area contributed by atoms with Gasteiger partial charge in [0.05, 0.1) is 39.2 Å². The largest absolute Gasteiger partial charge is 0.477 e. The lowest BCUT2D eigenvalue weighted by atomic mass is 10.0. The molecule has 0 bridgehead atoms. The Morgan fingerprint density at radius 3 is 1.43 bits per heavy atom. The van der Waals surface area contributed by atoms with Crippen LogP contribution in [0.2, 0.25) is 0 Å². The zero-order chi connectivity index (χ0) is 39.5. The van der Waals surface area contributed by atoms with Crippen LogP contribution in [0.5, 0.6) is 0 Å². The molecule has 0 spiro atoms. The minimum atomic E-state index is -4.76. The molecular weight excluding hydrogens is 715 g/mol. The fourth-order valence-electron chi connectivity index (χ4n) is 5.37. The topological polar surface area (TPSA) is 153 Å². The van der Waals surface area contributed by atoms with Crippen molar-refractivity contribution in [3.05, 3.63) is 179 Å². The molecule has 5 aromatic rings. The summed E-state index contributed by atoms with van der Waals surface area (Å²) < 4.78 is 72.1. The van der Waals surface area contributed by atoms with Gasteiger partial charge in [-0.1, -0.05) is 115 Å². The molecule has 54 heavy (non-hydrogen) atoms. The Hall–Kier alpha value is -5.46. The van der Waals surface area contributed by atoms with E-state index in [2.05, 4.69) is 0 Å². The number of phosphoric ester groups is 1. The molecule has 1 aliphatic rings. The molecule has 0 radical (unpaired) electrons. The number of carbonyl (C=O) groups excluding carboxylic acids is 3. The molecule has 13 heteroatoms. The normalized spacial score (nSPS) is 19.5. The standard InChI is InChI=1S/C41H37O12P/c42-26-34(49-38(43)31-20-10-3-11-21-31)35-36(50-39(44)32-22-12-4-13-23-32)37(51-40(45)33-24-14-5-15-25-33)41(52-35)53-54(46,47-27-29-16-6-1-7-17-29)48-28-30-18-8-2-9-19-30/h1-25,34-37,41-42H,26-28H2/t34-,35+,36+,37-,41+/m1/s1/i26T2. The predicted octanol–water partition coefficient (Wildman–Crippen LogP) is 6.94. The Bertz CT molecular complexity index is 2040.